The number of carbonyl (C=O) groups is 3. The average molecular weight is 402 g/mol. The second kappa shape index (κ2) is 8.63. The number of halogens is 1. The summed E-state index contributed by atoms with van der Waals surface area (Å²) in [5, 5.41) is 0.507. The van der Waals surface area contributed by atoms with Gasteiger partial charge in [0, 0.05) is 35.2 Å². The maximum absolute atomic E-state index is 13.2. The number of aromatic amines is 1. The van der Waals surface area contributed by atoms with Gasteiger partial charge in [0.2, 0.25) is 5.78 Å². The van der Waals surface area contributed by atoms with Crippen LogP contribution in [0.4, 0.5) is 0 Å². The number of nitrogens with one attached hydrogen (secondary N) is 2. The molecule has 7 heteroatoms. The van der Waals surface area contributed by atoms with E-state index < -0.39 is 23.7 Å². The molecular weight excluding hydrogens is 378 g/mol. The molecule has 1 saturated heterocycles. The number of carbonyl (C=O) groups excluding carboxylic acids is 3. The van der Waals surface area contributed by atoms with Crippen molar-refractivity contribution >= 4 is 29.1 Å². The summed E-state index contributed by atoms with van der Waals surface area (Å²) in [6, 6.07) is 9.42. The highest BCUT2D eigenvalue weighted by Crippen LogP contribution is 2.37. The molecule has 0 saturated carbocycles. The summed E-state index contributed by atoms with van der Waals surface area (Å²) in [6.45, 7) is 1.29. The summed E-state index contributed by atoms with van der Waals surface area (Å²) in [5.41, 5.74) is 1.12. The number of rotatable bonds is 7. The topological polar surface area (TPSA) is 73.0 Å². The highest BCUT2D eigenvalue weighted by atomic mass is 35.5. The Morgan fingerprint density at radius 3 is 2.50 bits per heavy atom. The van der Waals surface area contributed by atoms with Crippen LogP contribution in [0.2, 0.25) is 5.02 Å². The van der Waals surface area contributed by atoms with E-state index in [9.17, 15) is 14.4 Å². The van der Waals surface area contributed by atoms with E-state index in [-0.39, 0.29) is 5.78 Å². The number of nitrogens with zero attached hydrogens (tertiary/aromatic N) is 1. The Morgan fingerprint density at radius 2 is 1.89 bits per heavy atom. The number of likely N-dealkylation sites (tertiary alicyclic amines) is 1. The quantitative estimate of drug-likeness (QED) is 0.420. The van der Waals surface area contributed by atoms with E-state index >= 15 is 0 Å². The SMILES string of the molecule is C[NH+](C)CCCN1C(=O)C(=O)C(C(=O)c2ccc(Cl)cc2)C1c1ccc[nH+]c1. The molecule has 1 amide bonds. The number of amides is 1. The lowest BCUT2D eigenvalue weighted by molar-refractivity contribution is -0.858. The molecule has 1 aromatic carbocycles. The third kappa shape index (κ3) is 4.13. The van der Waals surface area contributed by atoms with Gasteiger partial charge in [0.05, 0.1) is 26.7 Å². The van der Waals surface area contributed by atoms with Gasteiger partial charge in [-0.1, -0.05) is 11.6 Å². The average Bonchev–Trinajstić information content (AvgIpc) is 2.93. The van der Waals surface area contributed by atoms with Crippen molar-refractivity contribution in [3.05, 3.63) is 64.9 Å². The number of hydrogen-bond acceptors (Lipinski definition) is 3. The minimum Gasteiger partial charge on any atom is -0.340 e. The third-order valence-electron chi connectivity index (χ3n) is 4.97. The van der Waals surface area contributed by atoms with Gasteiger partial charge >= 0.3 is 0 Å². The predicted octanol–water partition coefficient (Wildman–Crippen LogP) is 0.640. The van der Waals surface area contributed by atoms with Crippen molar-refractivity contribution in [2.45, 2.75) is 12.5 Å². The number of hydrogen-bond donors (Lipinski definition) is 1. The monoisotopic (exact) mass is 401 g/mol. The zero-order valence-electron chi connectivity index (χ0n) is 15.9. The molecular formula is C21H24ClN3O3+2. The standard InChI is InChI=1S/C21H22ClN3O3/c1-24(2)11-4-12-25-18(15-5-3-10-23-13-15)17(20(27)21(25)28)19(26)14-6-8-16(22)9-7-14/h3,5-10,13,17-18H,4,11-12H2,1-2H3/p+2. The number of H-pyrrole nitrogens is 1. The van der Waals surface area contributed by atoms with Crippen LogP contribution in [0.1, 0.15) is 28.4 Å². The van der Waals surface area contributed by atoms with Gasteiger partial charge in [0.1, 0.15) is 5.92 Å². The molecule has 2 aromatic rings. The largest absolute Gasteiger partial charge is 0.340 e. The molecule has 1 fully saturated rings. The van der Waals surface area contributed by atoms with Crippen LogP contribution < -0.4 is 9.88 Å². The van der Waals surface area contributed by atoms with Crippen LogP contribution in [0.5, 0.6) is 0 Å². The van der Waals surface area contributed by atoms with Crippen molar-refractivity contribution in [2.24, 2.45) is 5.92 Å². The predicted molar refractivity (Wildman–Crippen MR) is 104 cm³/mol. The lowest BCUT2D eigenvalue weighted by atomic mass is 9.87. The number of aromatic nitrogens is 1. The lowest BCUT2D eigenvalue weighted by Gasteiger charge is -2.26. The molecule has 2 atom stereocenters. The van der Waals surface area contributed by atoms with Crippen molar-refractivity contribution in [3.8, 4) is 0 Å². The molecule has 3 rings (SSSR count). The van der Waals surface area contributed by atoms with Crippen molar-refractivity contribution in [1.29, 1.82) is 0 Å². The summed E-state index contributed by atoms with van der Waals surface area (Å²) in [7, 11) is 4.07. The molecule has 1 aliphatic heterocycles. The van der Waals surface area contributed by atoms with Gasteiger partial charge in [-0.05, 0) is 30.3 Å². The number of quaternary nitrogens is 1. The van der Waals surface area contributed by atoms with Gasteiger partial charge in [0.25, 0.3) is 5.91 Å². The second-order valence-electron chi connectivity index (χ2n) is 7.30. The third-order valence-corrected chi connectivity index (χ3v) is 5.22. The normalized spacial score (nSPS) is 19.5. The zero-order valence-corrected chi connectivity index (χ0v) is 16.7. The maximum Gasteiger partial charge on any atom is 0.291 e. The van der Waals surface area contributed by atoms with Crippen LogP contribution in [-0.4, -0.2) is 49.6 Å². The number of Topliss-reactive ketones (excluding diaryl/α,β-unsaturated/α-hetero) is 2. The van der Waals surface area contributed by atoms with Gasteiger partial charge in [-0.15, -0.1) is 0 Å². The fourth-order valence-corrected chi connectivity index (χ4v) is 3.71. The fourth-order valence-electron chi connectivity index (χ4n) is 3.59. The van der Waals surface area contributed by atoms with Gasteiger partial charge in [0.15, 0.2) is 18.2 Å². The smallest absolute Gasteiger partial charge is 0.291 e. The van der Waals surface area contributed by atoms with Crippen LogP contribution in [0, 0.1) is 5.92 Å². The number of ketones is 2. The minimum atomic E-state index is -1.06. The Labute approximate surface area is 169 Å². The first-order valence-corrected chi connectivity index (χ1v) is 9.67. The zero-order chi connectivity index (χ0) is 20.3. The van der Waals surface area contributed by atoms with Crippen molar-refractivity contribution in [1.82, 2.24) is 4.90 Å². The Kier molecular flexibility index (Phi) is 6.21. The van der Waals surface area contributed by atoms with Crippen molar-refractivity contribution in [3.63, 3.8) is 0 Å². The molecule has 0 aliphatic carbocycles. The molecule has 146 valence electrons. The van der Waals surface area contributed by atoms with E-state index in [1.807, 2.05) is 20.2 Å². The molecule has 1 aromatic heterocycles. The van der Waals surface area contributed by atoms with Crippen molar-refractivity contribution < 1.29 is 24.3 Å². The molecule has 28 heavy (non-hydrogen) atoms. The van der Waals surface area contributed by atoms with Crippen LogP contribution in [0.3, 0.4) is 0 Å². The highest BCUT2D eigenvalue weighted by Gasteiger charge is 2.51. The molecule has 6 nitrogen and oxygen atoms in total. The summed E-state index contributed by atoms with van der Waals surface area (Å²) in [4.78, 5) is 44.5. The molecule has 0 radical (unpaired) electrons. The van der Waals surface area contributed by atoms with Crippen LogP contribution >= 0.6 is 11.6 Å². The molecule has 1 aliphatic rings. The van der Waals surface area contributed by atoms with Gasteiger partial charge in [-0.2, -0.15) is 0 Å². The molecule has 2 unspecified atom stereocenters. The summed E-state index contributed by atoms with van der Waals surface area (Å²) in [5.74, 6) is -2.65. The van der Waals surface area contributed by atoms with E-state index in [1.54, 1.807) is 47.6 Å². The molecule has 2 N–H and O–H groups in total. The first-order chi connectivity index (χ1) is 13.4. The Morgan fingerprint density at radius 1 is 1.18 bits per heavy atom. The Balaban J connectivity index is 1.96. The maximum atomic E-state index is 13.2. The van der Waals surface area contributed by atoms with Crippen LogP contribution in [0.15, 0.2) is 48.8 Å². The first-order valence-electron chi connectivity index (χ1n) is 9.30. The van der Waals surface area contributed by atoms with Crippen LogP contribution in [0.25, 0.3) is 0 Å². The fraction of sp³-hybridized carbons (Fsp3) is 0.333. The van der Waals surface area contributed by atoms with Gasteiger partial charge in [-0.3, -0.25) is 14.4 Å². The van der Waals surface area contributed by atoms with E-state index in [4.69, 9.17) is 11.6 Å². The van der Waals surface area contributed by atoms with E-state index in [2.05, 4.69) is 4.98 Å². The minimum absolute atomic E-state index is 0.357. The first kappa shape index (κ1) is 20.2. The summed E-state index contributed by atoms with van der Waals surface area (Å²) >= 11 is 5.91. The Bertz CT molecular complexity index is 868. The molecule has 0 bridgehead atoms. The summed E-state index contributed by atoms with van der Waals surface area (Å²) in [6.07, 6.45) is 4.23. The van der Waals surface area contributed by atoms with E-state index in [0.29, 0.717) is 17.1 Å². The van der Waals surface area contributed by atoms with Gasteiger partial charge < -0.3 is 9.80 Å². The van der Waals surface area contributed by atoms with Crippen LogP contribution in [-0.2, 0) is 9.59 Å². The number of benzene rings is 1. The van der Waals surface area contributed by atoms with E-state index in [1.165, 1.54) is 4.90 Å². The number of pyridine rings is 1. The molecule has 2 heterocycles. The Hall–Kier alpha value is -2.57. The second-order valence-corrected chi connectivity index (χ2v) is 7.74. The van der Waals surface area contributed by atoms with Gasteiger partial charge in [-0.25, -0.2) is 4.98 Å². The summed E-state index contributed by atoms with van der Waals surface area (Å²) < 4.78 is 0. The lowest BCUT2D eigenvalue weighted by Crippen LogP contribution is -3.05. The highest BCUT2D eigenvalue weighted by molar-refractivity contribution is 6.44. The molecule has 0 spiro atoms. The van der Waals surface area contributed by atoms with E-state index in [0.717, 1.165) is 18.5 Å². The van der Waals surface area contributed by atoms with Crippen molar-refractivity contribution in [2.75, 3.05) is 27.2 Å².